The van der Waals surface area contributed by atoms with Gasteiger partial charge in [0.15, 0.2) is 0 Å². The first-order valence-electron chi connectivity index (χ1n) is 14.9. The zero-order valence-corrected chi connectivity index (χ0v) is 23.2. The lowest BCUT2D eigenvalue weighted by atomic mass is 10.0. The molecule has 2 aromatic rings. The predicted octanol–water partition coefficient (Wildman–Crippen LogP) is 9.75. The van der Waals surface area contributed by atoms with Gasteiger partial charge in [-0.05, 0) is 43.4 Å². The van der Waals surface area contributed by atoms with Gasteiger partial charge in [0, 0.05) is 35.0 Å². The molecule has 4 N–H and O–H groups in total. The third kappa shape index (κ3) is 12.1. The summed E-state index contributed by atoms with van der Waals surface area (Å²) in [4.78, 5) is 3.35. The van der Waals surface area contributed by atoms with Crippen LogP contribution in [0, 0.1) is 6.92 Å². The summed E-state index contributed by atoms with van der Waals surface area (Å²) in [6.07, 6.45) is 28.3. The van der Waals surface area contributed by atoms with E-state index in [-0.39, 0.29) is 0 Å². The van der Waals surface area contributed by atoms with E-state index in [0.29, 0.717) is 0 Å². The molecule has 0 spiro atoms. The first-order chi connectivity index (χ1) is 17.1. The fraction of sp³-hybridized carbons (Fsp3) is 0.688. The highest BCUT2D eigenvalue weighted by Crippen LogP contribution is 2.27. The number of hydrogen-bond donors (Lipinski definition) is 3. The number of aryl methyl sites for hydroxylation is 1. The van der Waals surface area contributed by atoms with Crippen molar-refractivity contribution in [3.8, 4) is 0 Å². The molecular weight excluding hydrogens is 426 g/mol. The highest BCUT2D eigenvalue weighted by Gasteiger charge is 2.08. The summed E-state index contributed by atoms with van der Waals surface area (Å²) in [5.41, 5.74) is 12.0. The van der Waals surface area contributed by atoms with Crippen molar-refractivity contribution >= 4 is 16.6 Å². The van der Waals surface area contributed by atoms with Gasteiger partial charge in [-0.2, -0.15) is 0 Å². The maximum atomic E-state index is 6.31. The molecule has 1 aromatic carbocycles. The van der Waals surface area contributed by atoms with Crippen LogP contribution in [0.2, 0.25) is 0 Å². The Morgan fingerprint density at radius 2 is 1.31 bits per heavy atom. The molecular formula is C32H55N3. The number of benzene rings is 1. The molecule has 0 saturated heterocycles. The predicted molar refractivity (Wildman–Crippen MR) is 157 cm³/mol. The summed E-state index contributed by atoms with van der Waals surface area (Å²) < 4.78 is 0. The summed E-state index contributed by atoms with van der Waals surface area (Å²) in [6.45, 7) is 9.52. The van der Waals surface area contributed by atoms with Crippen molar-refractivity contribution in [2.45, 2.75) is 136 Å². The van der Waals surface area contributed by atoms with E-state index in [1.807, 2.05) is 0 Å². The number of aromatic amines is 1. The summed E-state index contributed by atoms with van der Waals surface area (Å²) in [5, 5.41) is 4.71. The number of allylic oxidation sites excluding steroid dienone is 1. The van der Waals surface area contributed by atoms with Gasteiger partial charge in [-0.25, -0.2) is 0 Å². The Balaban J connectivity index is 1.36. The molecule has 0 fully saturated rings. The van der Waals surface area contributed by atoms with Gasteiger partial charge in [-0.3, -0.25) is 0 Å². The third-order valence-electron chi connectivity index (χ3n) is 7.54. The second-order valence-electron chi connectivity index (χ2n) is 10.7. The number of fused-ring (bicyclic) bond motifs is 1. The summed E-state index contributed by atoms with van der Waals surface area (Å²) in [7, 11) is 0. The molecule has 1 aromatic heterocycles. The second kappa shape index (κ2) is 18.4. The van der Waals surface area contributed by atoms with Gasteiger partial charge in [0.25, 0.3) is 0 Å². The van der Waals surface area contributed by atoms with Crippen molar-refractivity contribution in [3.05, 3.63) is 41.7 Å². The van der Waals surface area contributed by atoms with Crippen LogP contribution in [0.5, 0.6) is 0 Å². The number of unbranched alkanes of at least 4 members (excludes halogenated alkanes) is 16. The van der Waals surface area contributed by atoms with Gasteiger partial charge in [-0.1, -0.05) is 122 Å². The lowest BCUT2D eigenvalue weighted by Gasteiger charge is -2.10. The van der Waals surface area contributed by atoms with Crippen molar-refractivity contribution in [2.24, 2.45) is 0 Å². The van der Waals surface area contributed by atoms with Crippen molar-refractivity contribution in [1.29, 1.82) is 0 Å². The topological polar surface area (TPSA) is 53.8 Å². The highest BCUT2D eigenvalue weighted by atomic mass is 14.9. The Morgan fingerprint density at radius 1 is 0.800 bits per heavy atom. The number of nitrogen functional groups attached to an aromatic ring is 1. The van der Waals surface area contributed by atoms with Crippen molar-refractivity contribution in [2.75, 3.05) is 12.3 Å². The summed E-state index contributed by atoms with van der Waals surface area (Å²) >= 11 is 0. The fourth-order valence-electron chi connectivity index (χ4n) is 5.15. The molecule has 3 nitrogen and oxygen atoms in total. The maximum absolute atomic E-state index is 6.31. The lowest BCUT2D eigenvalue weighted by molar-refractivity contribution is 0.526. The van der Waals surface area contributed by atoms with Crippen molar-refractivity contribution in [1.82, 2.24) is 10.3 Å². The molecule has 0 unspecified atom stereocenters. The molecule has 2 rings (SSSR count). The van der Waals surface area contributed by atoms with E-state index >= 15 is 0 Å². The number of hydrogen-bond acceptors (Lipinski definition) is 2. The maximum Gasteiger partial charge on any atom is 0.0477 e. The van der Waals surface area contributed by atoms with Gasteiger partial charge < -0.3 is 16.0 Å². The molecule has 35 heavy (non-hydrogen) atoms. The Kier molecular flexibility index (Phi) is 15.4. The summed E-state index contributed by atoms with van der Waals surface area (Å²) in [6, 6.07) is 4.20. The van der Waals surface area contributed by atoms with Crippen LogP contribution in [0.4, 0.5) is 5.69 Å². The molecule has 1 heterocycles. The third-order valence-corrected chi connectivity index (χ3v) is 7.54. The average molecular weight is 482 g/mol. The number of anilines is 1. The zero-order chi connectivity index (χ0) is 25.1. The zero-order valence-electron chi connectivity index (χ0n) is 23.2. The van der Waals surface area contributed by atoms with Crippen LogP contribution < -0.4 is 11.1 Å². The van der Waals surface area contributed by atoms with Gasteiger partial charge in [-0.15, -0.1) is 0 Å². The molecule has 3 heteroatoms. The lowest BCUT2D eigenvalue weighted by Crippen LogP contribution is -2.16. The molecule has 198 valence electrons. The van der Waals surface area contributed by atoms with Crippen LogP contribution >= 0.6 is 0 Å². The monoisotopic (exact) mass is 481 g/mol. The van der Waals surface area contributed by atoms with E-state index in [1.54, 1.807) is 0 Å². The van der Waals surface area contributed by atoms with Crippen LogP contribution in [0.25, 0.3) is 10.9 Å². The van der Waals surface area contributed by atoms with E-state index in [0.717, 1.165) is 36.2 Å². The average Bonchev–Trinajstić information content (AvgIpc) is 3.27. The molecule has 0 aliphatic carbocycles. The molecule has 0 bridgehead atoms. The number of aromatic nitrogens is 1. The second-order valence-corrected chi connectivity index (χ2v) is 10.7. The minimum absolute atomic E-state index is 0.904. The van der Waals surface area contributed by atoms with E-state index in [1.165, 1.54) is 126 Å². The van der Waals surface area contributed by atoms with Gasteiger partial charge in [0.05, 0.1) is 0 Å². The standard InChI is InChI=1S/C32H55N3/c1-4-5-6-7-8-9-10-11-12-13-14-15-16-17-18-19-20-21-28(3)34-25-24-29-26-35-30-23-22-27(2)32(33)31(29)30/h22-23,26,34-35H,3-21,24-25,33H2,1-2H3. The van der Waals surface area contributed by atoms with Gasteiger partial charge in [0.2, 0.25) is 0 Å². The minimum atomic E-state index is 0.904. The van der Waals surface area contributed by atoms with E-state index in [4.69, 9.17) is 5.73 Å². The number of rotatable bonds is 22. The first-order valence-corrected chi connectivity index (χ1v) is 14.9. The Morgan fingerprint density at radius 3 is 1.86 bits per heavy atom. The van der Waals surface area contributed by atoms with Crippen LogP contribution in [-0.2, 0) is 6.42 Å². The Labute approximate surface area is 216 Å². The smallest absolute Gasteiger partial charge is 0.0477 e. The van der Waals surface area contributed by atoms with Gasteiger partial charge >= 0.3 is 0 Å². The number of H-pyrrole nitrogens is 1. The van der Waals surface area contributed by atoms with Crippen LogP contribution in [-0.4, -0.2) is 11.5 Å². The van der Waals surface area contributed by atoms with E-state index < -0.39 is 0 Å². The Bertz CT molecular complexity index is 820. The normalized spacial score (nSPS) is 11.4. The van der Waals surface area contributed by atoms with Crippen molar-refractivity contribution in [3.63, 3.8) is 0 Å². The van der Waals surface area contributed by atoms with Gasteiger partial charge in [0.1, 0.15) is 0 Å². The van der Waals surface area contributed by atoms with E-state index in [2.05, 4.69) is 49.1 Å². The molecule has 0 amide bonds. The Hall–Kier alpha value is -1.90. The van der Waals surface area contributed by atoms with Crippen LogP contribution in [0.1, 0.15) is 134 Å². The molecule has 0 aliphatic rings. The molecule has 0 aliphatic heterocycles. The molecule has 0 radical (unpaired) electrons. The largest absolute Gasteiger partial charge is 0.398 e. The van der Waals surface area contributed by atoms with Crippen LogP contribution in [0.15, 0.2) is 30.6 Å². The highest BCUT2D eigenvalue weighted by molar-refractivity contribution is 5.95. The van der Waals surface area contributed by atoms with Crippen LogP contribution in [0.3, 0.4) is 0 Å². The van der Waals surface area contributed by atoms with E-state index in [9.17, 15) is 0 Å². The molecule has 0 atom stereocenters. The van der Waals surface area contributed by atoms with Crippen molar-refractivity contribution < 1.29 is 0 Å². The fourth-order valence-corrected chi connectivity index (χ4v) is 5.15. The summed E-state index contributed by atoms with van der Waals surface area (Å²) in [5.74, 6) is 0. The minimum Gasteiger partial charge on any atom is -0.398 e. The quantitative estimate of drug-likeness (QED) is 0.116. The molecule has 0 saturated carbocycles. The number of nitrogens with one attached hydrogen (secondary N) is 2. The number of nitrogens with two attached hydrogens (primary N) is 1. The SMILES string of the molecule is C=C(CCCCCCCCCCCCCCCCCCC)NCCc1c[nH]c2ccc(C)c(N)c12. The first kappa shape index (κ1) is 29.3.